The van der Waals surface area contributed by atoms with Crippen LogP contribution < -0.4 is 15.4 Å². The maximum atomic E-state index is 11.5. The molecule has 0 bridgehead atoms. The molecule has 0 aromatic carbocycles. The van der Waals surface area contributed by atoms with Crippen LogP contribution in [0.1, 0.15) is 44.1 Å². The first kappa shape index (κ1) is 13.2. The molecule has 2 aliphatic carbocycles. The van der Waals surface area contributed by atoms with Gasteiger partial charge >= 0.3 is 6.03 Å². The Balaban J connectivity index is 1.44. The number of aromatic nitrogens is 1. The minimum Gasteiger partial charge on any atom is -0.474 e. The summed E-state index contributed by atoms with van der Waals surface area (Å²) < 4.78 is 5.81. The molecule has 3 rings (SSSR count). The molecule has 20 heavy (non-hydrogen) atoms. The van der Waals surface area contributed by atoms with Crippen molar-refractivity contribution in [3.8, 4) is 5.88 Å². The minimum absolute atomic E-state index is 0.0983. The third-order valence-corrected chi connectivity index (χ3v) is 3.75. The van der Waals surface area contributed by atoms with E-state index in [1.165, 1.54) is 12.8 Å². The van der Waals surface area contributed by atoms with Gasteiger partial charge in [0, 0.05) is 24.8 Å². The molecule has 2 fully saturated rings. The molecular formula is C15H21N3O2. The first-order valence-electron chi connectivity index (χ1n) is 7.45. The van der Waals surface area contributed by atoms with E-state index in [0.717, 1.165) is 31.2 Å². The summed E-state index contributed by atoms with van der Waals surface area (Å²) in [6.45, 7) is 0.495. The molecular weight excluding hydrogens is 254 g/mol. The van der Waals surface area contributed by atoms with Crippen LogP contribution in [0.3, 0.4) is 0 Å². The van der Waals surface area contributed by atoms with Crippen molar-refractivity contribution in [3.05, 3.63) is 23.9 Å². The summed E-state index contributed by atoms with van der Waals surface area (Å²) in [4.78, 5) is 15.8. The fourth-order valence-corrected chi connectivity index (χ4v) is 2.41. The maximum absolute atomic E-state index is 11.5. The van der Waals surface area contributed by atoms with E-state index in [4.69, 9.17) is 4.74 Å². The molecule has 0 aliphatic heterocycles. The molecule has 1 heterocycles. The molecule has 0 unspecified atom stereocenters. The predicted molar refractivity (Wildman–Crippen MR) is 75.5 cm³/mol. The zero-order valence-electron chi connectivity index (χ0n) is 11.6. The van der Waals surface area contributed by atoms with Crippen LogP contribution in [-0.2, 0) is 6.54 Å². The van der Waals surface area contributed by atoms with Gasteiger partial charge in [0.25, 0.3) is 0 Å². The summed E-state index contributed by atoms with van der Waals surface area (Å²) in [6.07, 6.45) is 9.06. The van der Waals surface area contributed by atoms with E-state index in [0.29, 0.717) is 24.6 Å². The van der Waals surface area contributed by atoms with Gasteiger partial charge in [-0.05, 0) is 44.1 Å². The van der Waals surface area contributed by atoms with Crippen molar-refractivity contribution in [3.63, 3.8) is 0 Å². The van der Waals surface area contributed by atoms with Gasteiger partial charge in [-0.1, -0.05) is 6.07 Å². The van der Waals surface area contributed by atoms with E-state index in [1.807, 2.05) is 12.1 Å². The fraction of sp³-hybridized carbons (Fsp3) is 0.600. The second kappa shape index (κ2) is 6.11. The normalized spacial score (nSPS) is 18.8. The van der Waals surface area contributed by atoms with Gasteiger partial charge in [-0.3, -0.25) is 0 Å². The summed E-state index contributed by atoms with van der Waals surface area (Å²) in [5, 5.41) is 5.72. The van der Waals surface area contributed by atoms with E-state index in [1.54, 1.807) is 6.20 Å². The second-order valence-corrected chi connectivity index (χ2v) is 5.63. The molecule has 5 nitrogen and oxygen atoms in total. The Morgan fingerprint density at radius 1 is 1.25 bits per heavy atom. The Bertz CT molecular complexity index is 451. The van der Waals surface area contributed by atoms with Crippen LogP contribution in [0.2, 0.25) is 0 Å². The van der Waals surface area contributed by atoms with Crippen LogP contribution in [0.15, 0.2) is 18.3 Å². The van der Waals surface area contributed by atoms with Crippen LogP contribution in [0.4, 0.5) is 4.79 Å². The minimum atomic E-state index is -0.0983. The molecule has 0 atom stereocenters. The number of nitrogens with one attached hydrogen (secondary N) is 2. The largest absolute Gasteiger partial charge is 0.474 e. The Kier molecular flexibility index (Phi) is 4.04. The van der Waals surface area contributed by atoms with Crippen LogP contribution in [0.5, 0.6) is 5.88 Å². The van der Waals surface area contributed by atoms with Crippen molar-refractivity contribution >= 4 is 6.03 Å². The Morgan fingerprint density at radius 2 is 2.05 bits per heavy atom. The Morgan fingerprint density at radius 3 is 2.70 bits per heavy atom. The smallest absolute Gasteiger partial charge is 0.315 e. The van der Waals surface area contributed by atoms with E-state index in [-0.39, 0.29) is 6.03 Å². The summed E-state index contributed by atoms with van der Waals surface area (Å²) in [7, 11) is 0. The Labute approximate surface area is 119 Å². The lowest BCUT2D eigenvalue weighted by Crippen LogP contribution is -2.36. The van der Waals surface area contributed by atoms with Crippen LogP contribution >= 0.6 is 0 Å². The van der Waals surface area contributed by atoms with Gasteiger partial charge in [-0.2, -0.15) is 0 Å². The van der Waals surface area contributed by atoms with Crippen molar-refractivity contribution in [2.45, 2.75) is 57.2 Å². The predicted octanol–water partition coefficient (Wildman–Crippen LogP) is 2.36. The van der Waals surface area contributed by atoms with Crippen LogP contribution in [0, 0.1) is 0 Å². The molecule has 2 saturated carbocycles. The van der Waals surface area contributed by atoms with E-state index in [2.05, 4.69) is 15.6 Å². The number of pyridine rings is 1. The molecule has 2 N–H and O–H groups in total. The number of carbonyl (C=O) groups is 1. The highest BCUT2D eigenvalue weighted by Gasteiger charge is 2.22. The van der Waals surface area contributed by atoms with Gasteiger partial charge in [0.05, 0.1) is 0 Å². The number of hydrogen-bond donors (Lipinski definition) is 2. The number of rotatable bonds is 5. The standard InChI is InChI=1S/C15H21N3O2/c19-15(18-12-6-7-12)17-10-11-5-8-14(16-9-11)20-13-3-1-2-4-13/h5,8-9,12-13H,1-4,6-7,10H2,(H2,17,18,19). The SMILES string of the molecule is O=C(NCc1ccc(OC2CCCC2)nc1)NC1CC1. The Hall–Kier alpha value is -1.78. The van der Waals surface area contributed by atoms with Gasteiger partial charge in [-0.25, -0.2) is 9.78 Å². The molecule has 1 aromatic heterocycles. The van der Waals surface area contributed by atoms with E-state index < -0.39 is 0 Å². The monoisotopic (exact) mass is 275 g/mol. The quantitative estimate of drug-likeness (QED) is 0.867. The summed E-state index contributed by atoms with van der Waals surface area (Å²) in [6, 6.07) is 4.12. The average molecular weight is 275 g/mol. The number of amides is 2. The lowest BCUT2D eigenvalue weighted by molar-refractivity contribution is 0.201. The van der Waals surface area contributed by atoms with Crippen molar-refractivity contribution in [1.82, 2.24) is 15.6 Å². The highest BCUT2D eigenvalue weighted by Crippen LogP contribution is 2.22. The number of carbonyl (C=O) groups excluding carboxylic acids is 1. The van der Waals surface area contributed by atoms with Gasteiger partial charge in [0.15, 0.2) is 0 Å². The number of ether oxygens (including phenoxy) is 1. The van der Waals surface area contributed by atoms with Gasteiger partial charge in [0.2, 0.25) is 5.88 Å². The lowest BCUT2D eigenvalue weighted by atomic mass is 10.3. The molecule has 108 valence electrons. The summed E-state index contributed by atoms with van der Waals surface area (Å²) >= 11 is 0. The molecule has 2 aliphatic rings. The van der Waals surface area contributed by atoms with Crippen LogP contribution in [0.25, 0.3) is 0 Å². The average Bonchev–Trinajstić information content (AvgIpc) is 3.12. The van der Waals surface area contributed by atoms with Gasteiger partial charge < -0.3 is 15.4 Å². The number of urea groups is 1. The summed E-state index contributed by atoms with van der Waals surface area (Å²) in [5.41, 5.74) is 0.981. The molecule has 2 amide bonds. The van der Waals surface area contributed by atoms with Crippen molar-refractivity contribution in [2.24, 2.45) is 0 Å². The van der Waals surface area contributed by atoms with Crippen LogP contribution in [-0.4, -0.2) is 23.2 Å². The fourth-order valence-electron chi connectivity index (χ4n) is 2.41. The van der Waals surface area contributed by atoms with E-state index in [9.17, 15) is 4.79 Å². The third-order valence-electron chi connectivity index (χ3n) is 3.75. The molecule has 0 radical (unpaired) electrons. The van der Waals surface area contributed by atoms with Crippen molar-refractivity contribution in [1.29, 1.82) is 0 Å². The zero-order valence-corrected chi connectivity index (χ0v) is 11.6. The van der Waals surface area contributed by atoms with Gasteiger partial charge in [0.1, 0.15) is 6.10 Å². The molecule has 0 spiro atoms. The summed E-state index contributed by atoms with van der Waals surface area (Å²) in [5.74, 6) is 0.683. The zero-order chi connectivity index (χ0) is 13.8. The maximum Gasteiger partial charge on any atom is 0.315 e. The lowest BCUT2D eigenvalue weighted by Gasteiger charge is -2.12. The highest BCUT2D eigenvalue weighted by atomic mass is 16.5. The second-order valence-electron chi connectivity index (χ2n) is 5.63. The molecule has 5 heteroatoms. The van der Waals surface area contributed by atoms with Gasteiger partial charge in [-0.15, -0.1) is 0 Å². The topological polar surface area (TPSA) is 63.2 Å². The van der Waals surface area contributed by atoms with E-state index >= 15 is 0 Å². The molecule has 0 saturated heterocycles. The third kappa shape index (κ3) is 3.85. The van der Waals surface area contributed by atoms with Crippen molar-refractivity contribution in [2.75, 3.05) is 0 Å². The molecule has 1 aromatic rings. The van der Waals surface area contributed by atoms with Crippen molar-refractivity contribution < 1.29 is 9.53 Å². The number of nitrogens with zero attached hydrogens (tertiary/aromatic N) is 1. The number of hydrogen-bond acceptors (Lipinski definition) is 3. The first-order valence-corrected chi connectivity index (χ1v) is 7.45. The highest BCUT2D eigenvalue weighted by molar-refractivity contribution is 5.74. The first-order chi connectivity index (χ1) is 9.79.